The lowest BCUT2D eigenvalue weighted by Crippen LogP contribution is -2.27. The summed E-state index contributed by atoms with van der Waals surface area (Å²) in [5, 5.41) is 8.77. The average molecular weight is 373 g/mol. The summed E-state index contributed by atoms with van der Waals surface area (Å²) in [6, 6.07) is 2.04. The van der Waals surface area contributed by atoms with Crippen molar-refractivity contribution >= 4 is 27.4 Å². The first-order chi connectivity index (χ1) is 12.6. The molecule has 7 nitrogen and oxygen atoms in total. The molecule has 0 amide bonds. The van der Waals surface area contributed by atoms with Crippen LogP contribution in [0.15, 0.2) is 16.9 Å². The number of ether oxygens (including phenoxy) is 1. The van der Waals surface area contributed by atoms with E-state index in [9.17, 15) is 0 Å². The van der Waals surface area contributed by atoms with Gasteiger partial charge >= 0.3 is 0 Å². The van der Waals surface area contributed by atoms with Crippen LogP contribution >= 0.6 is 11.3 Å². The molecule has 0 aromatic carbocycles. The van der Waals surface area contributed by atoms with E-state index < -0.39 is 0 Å². The Hall–Kier alpha value is -2.06. The molecule has 0 unspecified atom stereocenters. The van der Waals surface area contributed by atoms with Crippen molar-refractivity contribution in [1.82, 2.24) is 20.1 Å². The van der Waals surface area contributed by atoms with Gasteiger partial charge in [-0.05, 0) is 31.7 Å². The van der Waals surface area contributed by atoms with Crippen LogP contribution in [0.3, 0.4) is 0 Å². The number of aromatic nitrogens is 4. The predicted octanol–water partition coefficient (Wildman–Crippen LogP) is 4.09. The van der Waals surface area contributed by atoms with Gasteiger partial charge in [0.25, 0.3) is 0 Å². The molecule has 3 aromatic heterocycles. The highest BCUT2D eigenvalue weighted by atomic mass is 32.1. The van der Waals surface area contributed by atoms with Crippen molar-refractivity contribution in [2.45, 2.75) is 45.6 Å². The Labute approximate surface area is 156 Å². The van der Waals surface area contributed by atoms with Crippen molar-refractivity contribution in [2.75, 3.05) is 18.5 Å². The van der Waals surface area contributed by atoms with E-state index in [-0.39, 0.29) is 12.0 Å². The third kappa shape index (κ3) is 3.43. The Bertz CT molecular complexity index is 885. The van der Waals surface area contributed by atoms with Crippen molar-refractivity contribution in [3.05, 3.63) is 29.0 Å². The lowest BCUT2D eigenvalue weighted by atomic mass is 9.91. The van der Waals surface area contributed by atoms with E-state index in [1.54, 1.807) is 17.7 Å². The molecule has 1 aliphatic heterocycles. The number of anilines is 1. The number of hydrogen-bond acceptors (Lipinski definition) is 8. The molecule has 1 N–H and O–H groups in total. The molecule has 138 valence electrons. The highest BCUT2D eigenvalue weighted by molar-refractivity contribution is 7.18. The minimum Gasteiger partial charge on any atom is -0.381 e. The van der Waals surface area contributed by atoms with E-state index in [2.05, 4.69) is 52.3 Å². The van der Waals surface area contributed by atoms with Crippen LogP contribution in [0, 0.1) is 12.8 Å². The van der Waals surface area contributed by atoms with Gasteiger partial charge in [0, 0.05) is 24.0 Å². The van der Waals surface area contributed by atoms with Crippen LogP contribution in [0.4, 0.5) is 5.82 Å². The van der Waals surface area contributed by atoms with E-state index in [0.717, 1.165) is 47.9 Å². The van der Waals surface area contributed by atoms with Gasteiger partial charge in [-0.1, -0.05) is 19.0 Å². The van der Waals surface area contributed by atoms with Crippen LogP contribution in [0.2, 0.25) is 0 Å². The van der Waals surface area contributed by atoms with E-state index in [1.807, 2.05) is 0 Å². The lowest BCUT2D eigenvalue weighted by Gasteiger charge is -2.29. The summed E-state index contributed by atoms with van der Waals surface area (Å²) in [5.74, 6) is 2.76. The number of hydrogen-bond donors (Lipinski definition) is 1. The number of nitrogens with zero attached hydrogens (tertiary/aromatic N) is 4. The van der Waals surface area contributed by atoms with Crippen molar-refractivity contribution < 1.29 is 9.26 Å². The normalized spacial score (nSPS) is 17.1. The summed E-state index contributed by atoms with van der Waals surface area (Å²) in [4.78, 5) is 15.7. The van der Waals surface area contributed by atoms with E-state index >= 15 is 0 Å². The average Bonchev–Trinajstić information content (AvgIpc) is 3.26. The molecule has 8 heteroatoms. The van der Waals surface area contributed by atoms with E-state index in [1.165, 1.54) is 4.88 Å². The van der Waals surface area contributed by atoms with E-state index in [4.69, 9.17) is 9.26 Å². The number of aryl methyl sites for hydroxylation is 1. The van der Waals surface area contributed by atoms with Crippen molar-refractivity contribution in [1.29, 1.82) is 0 Å². The summed E-state index contributed by atoms with van der Waals surface area (Å²) in [6.45, 7) is 7.72. The molecule has 1 saturated heterocycles. The van der Waals surface area contributed by atoms with Gasteiger partial charge in [-0.3, -0.25) is 0 Å². The molecule has 0 saturated carbocycles. The van der Waals surface area contributed by atoms with Gasteiger partial charge in [-0.25, -0.2) is 9.97 Å². The second-order valence-corrected chi connectivity index (χ2v) is 8.25. The topological polar surface area (TPSA) is 86.0 Å². The van der Waals surface area contributed by atoms with Crippen LogP contribution < -0.4 is 5.32 Å². The third-order valence-electron chi connectivity index (χ3n) is 4.72. The van der Waals surface area contributed by atoms with Gasteiger partial charge in [-0.15, -0.1) is 11.3 Å². The zero-order valence-electron chi connectivity index (χ0n) is 15.2. The van der Waals surface area contributed by atoms with Gasteiger partial charge in [0.2, 0.25) is 5.89 Å². The maximum Gasteiger partial charge on any atom is 0.249 e. The van der Waals surface area contributed by atoms with Crippen LogP contribution in [-0.4, -0.2) is 33.3 Å². The van der Waals surface area contributed by atoms with Gasteiger partial charge in [0.1, 0.15) is 23.0 Å². The van der Waals surface area contributed by atoms with Crippen molar-refractivity contribution in [3.63, 3.8) is 0 Å². The monoisotopic (exact) mass is 373 g/mol. The molecule has 3 aromatic rings. The molecule has 0 bridgehead atoms. The standard InChI is InChI=1S/C18H23N5O2S/c1-10(2)15-22-17(25-23-15)14(12-4-6-24-7-5-12)21-16-13-8-11(3)26-18(13)20-9-19-16/h8-10,12,14H,4-7H2,1-3H3,(H,19,20,21)/t14-/m0/s1. The first-order valence-corrected chi connectivity index (χ1v) is 9.82. The smallest absolute Gasteiger partial charge is 0.249 e. The largest absolute Gasteiger partial charge is 0.381 e. The molecule has 4 heterocycles. The Balaban J connectivity index is 1.69. The molecule has 1 aliphatic rings. The predicted molar refractivity (Wildman–Crippen MR) is 100 cm³/mol. The molecule has 1 atom stereocenters. The molecular weight excluding hydrogens is 350 g/mol. The molecular formula is C18H23N5O2S. The summed E-state index contributed by atoms with van der Waals surface area (Å²) in [5.41, 5.74) is 0. The number of rotatable bonds is 5. The quantitative estimate of drug-likeness (QED) is 0.721. The molecule has 1 fully saturated rings. The highest BCUT2D eigenvalue weighted by Crippen LogP contribution is 2.35. The first kappa shape index (κ1) is 17.4. The number of fused-ring (bicyclic) bond motifs is 1. The first-order valence-electron chi connectivity index (χ1n) is 9.00. The minimum atomic E-state index is -0.0859. The summed E-state index contributed by atoms with van der Waals surface area (Å²) in [7, 11) is 0. The lowest BCUT2D eigenvalue weighted by molar-refractivity contribution is 0.0571. The maximum absolute atomic E-state index is 5.63. The molecule has 0 radical (unpaired) electrons. The molecule has 4 rings (SSSR count). The second-order valence-electron chi connectivity index (χ2n) is 7.02. The SMILES string of the molecule is Cc1cc2c(N[C@H](c3nc(C(C)C)no3)C3CCOCC3)ncnc2s1. The number of thiophene rings is 1. The Morgan fingerprint density at radius 3 is 2.77 bits per heavy atom. The van der Waals surface area contributed by atoms with Crippen LogP contribution in [0.25, 0.3) is 10.2 Å². The summed E-state index contributed by atoms with van der Waals surface area (Å²) >= 11 is 1.67. The fourth-order valence-electron chi connectivity index (χ4n) is 3.28. The van der Waals surface area contributed by atoms with Gasteiger partial charge < -0.3 is 14.6 Å². The van der Waals surface area contributed by atoms with Gasteiger partial charge in [0.15, 0.2) is 5.82 Å². The van der Waals surface area contributed by atoms with Crippen molar-refractivity contribution in [2.24, 2.45) is 5.92 Å². The van der Waals surface area contributed by atoms with Crippen LogP contribution in [0.1, 0.15) is 55.2 Å². The maximum atomic E-state index is 5.63. The van der Waals surface area contributed by atoms with Crippen molar-refractivity contribution in [3.8, 4) is 0 Å². The minimum absolute atomic E-state index is 0.0859. The molecule has 0 aliphatic carbocycles. The summed E-state index contributed by atoms with van der Waals surface area (Å²) in [6.07, 6.45) is 3.51. The fourth-order valence-corrected chi connectivity index (χ4v) is 4.12. The van der Waals surface area contributed by atoms with E-state index in [0.29, 0.717) is 11.8 Å². The highest BCUT2D eigenvalue weighted by Gasteiger charge is 2.31. The fraction of sp³-hybridized carbons (Fsp3) is 0.556. The zero-order chi connectivity index (χ0) is 18.1. The van der Waals surface area contributed by atoms with Crippen LogP contribution in [-0.2, 0) is 4.74 Å². The number of nitrogens with one attached hydrogen (secondary N) is 1. The molecule has 26 heavy (non-hydrogen) atoms. The van der Waals surface area contributed by atoms with Crippen LogP contribution in [0.5, 0.6) is 0 Å². The third-order valence-corrected chi connectivity index (χ3v) is 5.68. The van der Waals surface area contributed by atoms with Gasteiger partial charge in [0.05, 0.1) is 5.39 Å². The molecule has 0 spiro atoms. The Kier molecular flexibility index (Phi) is 4.86. The Morgan fingerprint density at radius 2 is 2.04 bits per heavy atom. The second kappa shape index (κ2) is 7.28. The zero-order valence-corrected chi connectivity index (χ0v) is 16.0. The Morgan fingerprint density at radius 1 is 1.23 bits per heavy atom. The van der Waals surface area contributed by atoms with Gasteiger partial charge in [-0.2, -0.15) is 4.98 Å². The summed E-state index contributed by atoms with van der Waals surface area (Å²) < 4.78 is 11.2.